The van der Waals surface area contributed by atoms with Gasteiger partial charge in [0.15, 0.2) is 5.96 Å². The summed E-state index contributed by atoms with van der Waals surface area (Å²) in [5, 5.41) is 8.87. The minimum atomic E-state index is -0.211. The lowest BCUT2D eigenvalue weighted by Gasteiger charge is -2.12. The minimum Gasteiger partial charge on any atom is -0.356 e. The van der Waals surface area contributed by atoms with E-state index >= 15 is 0 Å². The molecule has 1 heterocycles. The number of nitrogens with zero attached hydrogens (tertiary/aromatic N) is 2. The van der Waals surface area contributed by atoms with Crippen LogP contribution >= 0.6 is 0 Å². The Labute approximate surface area is 146 Å². The van der Waals surface area contributed by atoms with Crippen molar-refractivity contribution in [2.45, 2.75) is 13.0 Å². The first-order valence-corrected chi connectivity index (χ1v) is 8.28. The molecule has 0 saturated carbocycles. The molecular formula is C20H21FN4. The summed E-state index contributed by atoms with van der Waals surface area (Å²) >= 11 is 0. The number of hydrogen-bond acceptors (Lipinski definition) is 2. The minimum absolute atomic E-state index is 0.211. The van der Waals surface area contributed by atoms with Crippen molar-refractivity contribution in [2.75, 3.05) is 13.6 Å². The van der Waals surface area contributed by atoms with Gasteiger partial charge in [-0.1, -0.05) is 36.4 Å². The zero-order valence-corrected chi connectivity index (χ0v) is 14.2. The second-order valence-corrected chi connectivity index (χ2v) is 5.71. The van der Waals surface area contributed by atoms with Crippen LogP contribution in [0.2, 0.25) is 0 Å². The van der Waals surface area contributed by atoms with Gasteiger partial charge in [0, 0.05) is 25.2 Å². The zero-order valence-electron chi connectivity index (χ0n) is 14.2. The topological polar surface area (TPSA) is 49.3 Å². The quantitative estimate of drug-likeness (QED) is 0.555. The van der Waals surface area contributed by atoms with Crippen LogP contribution in [0.25, 0.3) is 10.8 Å². The summed E-state index contributed by atoms with van der Waals surface area (Å²) in [6.45, 7) is 1.31. The van der Waals surface area contributed by atoms with Crippen LogP contribution in [-0.4, -0.2) is 24.5 Å². The van der Waals surface area contributed by atoms with Gasteiger partial charge in [0.2, 0.25) is 0 Å². The van der Waals surface area contributed by atoms with Gasteiger partial charge < -0.3 is 10.6 Å². The third-order valence-electron chi connectivity index (χ3n) is 4.02. The van der Waals surface area contributed by atoms with Crippen molar-refractivity contribution in [2.24, 2.45) is 4.99 Å². The smallest absolute Gasteiger partial charge is 0.191 e. The van der Waals surface area contributed by atoms with Crippen molar-refractivity contribution >= 4 is 16.7 Å². The molecule has 25 heavy (non-hydrogen) atoms. The Morgan fingerprint density at radius 1 is 1.04 bits per heavy atom. The predicted octanol–water partition coefficient (Wildman–Crippen LogP) is 3.28. The molecule has 0 amide bonds. The van der Waals surface area contributed by atoms with Crippen molar-refractivity contribution in [1.29, 1.82) is 0 Å². The summed E-state index contributed by atoms with van der Waals surface area (Å²) in [5.41, 5.74) is 2.07. The molecule has 5 heteroatoms. The molecule has 2 aromatic carbocycles. The number of fused-ring (bicyclic) bond motifs is 1. The van der Waals surface area contributed by atoms with E-state index in [1.807, 2.05) is 24.4 Å². The van der Waals surface area contributed by atoms with Crippen molar-refractivity contribution in [1.82, 2.24) is 15.6 Å². The number of rotatable bonds is 5. The lowest BCUT2D eigenvalue weighted by Crippen LogP contribution is -2.38. The van der Waals surface area contributed by atoms with Crippen molar-refractivity contribution < 1.29 is 4.39 Å². The third kappa shape index (κ3) is 4.53. The van der Waals surface area contributed by atoms with E-state index in [0.29, 0.717) is 13.1 Å². The van der Waals surface area contributed by atoms with Crippen LogP contribution in [-0.2, 0) is 13.0 Å². The summed E-state index contributed by atoms with van der Waals surface area (Å²) in [5.74, 6) is 0.508. The SMILES string of the molecule is CN=C(NCCc1ccc(F)cc1)NCc1nccc2ccccc12. The summed E-state index contributed by atoms with van der Waals surface area (Å²) in [6, 6.07) is 16.8. The van der Waals surface area contributed by atoms with Crippen molar-refractivity contribution in [3.63, 3.8) is 0 Å². The van der Waals surface area contributed by atoms with Crippen LogP contribution in [0.3, 0.4) is 0 Å². The lowest BCUT2D eigenvalue weighted by molar-refractivity contribution is 0.626. The van der Waals surface area contributed by atoms with Gasteiger partial charge in [-0.05, 0) is 35.6 Å². The van der Waals surface area contributed by atoms with E-state index in [0.717, 1.165) is 29.0 Å². The Morgan fingerprint density at radius 3 is 2.64 bits per heavy atom. The molecule has 2 N–H and O–H groups in total. The van der Waals surface area contributed by atoms with Gasteiger partial charge in [0.1, 0.15) is 5.82 Å². The Kier molecular flexibility index (Phi) is 5.57. The molecule has 0 radical (unpaired) electrons. The highest BCUT2D eigenvalue weighted by Crippen LogP contribution is 2.15. The van der Waals surface area contributed by atoms with Crippen molar-refractivity contribution in [3.05, 3.63) is 77.9 Å². The number of guanidine groups is 1. The summed E-state index contributed by atoms with van der Waals surface area (Å²) in [4.78, 5) is 8.70. The van der Waals surface area contributed by atoms with Crippen LogP contribution in [0.5, 0.6) is 0 Å². The van der Waals surface area contributed by atoms with Crippen LogP contribution in [0, 0.1) is 5.82 Å². The number of hydrogen-bond donors (Lipinski definition) is 2. The molecule has 0 aliphatic rings. The van der Waals surface area contributed by atoms with Crippen LogP contribution in [0.1, 0.15) is 11.3 Å². The van der Waals surface area contributed by atoms with Crippen LogP contribution in [0.4, 0.5) is 4.39 Å². The Hall–Kier alpha value is -2.95. The number of aromatic nitrogens is 1. The van der Waals surface area contributed by atoms with E-state index in [1.54, 1.807) is 19.2 Å². The molecule has 0 unspecified atom stereocenters. The monoisotopic (exact) mass is 336 g/mol. The van der Waals surface area contributed by atoms with Gasteiger partial charge >= 0.3 is 0 Å². The molecule has 0 aliphatic carbocycles. The Bertz CT molecular complexity index is 854. The zero-order chi connectivity index (χ0) is 17.5. The maximum atomic E-state index is 12.9. The van der Waals surface area contributed by atoms with Gasteiger partial charge in [-0.2, -0.15) is 0 Å². The van der Waals surface area contributed by atoms with E-state index in [9.17, 15) is 4.39 Å². The number of nitrogens with one attached hydrogen (secondary N) is 2. The standard InChI is InChI=1S/C20H21FN4/c1-22-20(24-12-10-15-6-8-17(21)9-7-15)25-14-19-18-5-3-2-4-16(18)11-13-23-19/h2-9,11,13H,10,12,14H2,1H3,(H2,22,24,25). The van der Waals surface area contributed by atoms with Gasteiger partial charge in [-0.15, -0.1) is 0 Å². The normalized spacial score (nSPS) is 11.5. The Balaban J connectivity index is 1.54. The molecule has 0 spiro atoms. The van der Waals surface area contributed by atoms with E-state index < -0.39 is 0 Å². The summed E-state index contributed by atoms with van der Waals surface area (Å²) in [6.07, 6.45) is 2.62. The molecule has 128 valence electrons. The average molecular weight is 336 g/mol. The second-order valence-electron chi connectivity index (χ2n) is 5.71. The van der Waals surface area contributed by atoms with Gasteiger partial charge in [-0.3, -0.25) is 9.98 Å². The fourth-order valence-electron chi connectivity index (χ4n) is 2.69. The number of pyridine rings is 1. The molecule has 3 aromatic rings. The number of benzene rings is 2. The molecule has 1 aromatic heterocycles. The molecular weight excluding hydrogens is 315 g/mol. The van der Waals surface area contributed by atoms with Crippen molar-refractivity contribution in [3.8, 4) is 0 Å². The first-order chi connectivity index (χ1) is 12.3. The van der Waals surface area contributed by atoms with Gasteiger partial charge in [-0.25, -0.2) is 4.39 Å². The van der Waals surface area contributed by atoms with E-state index in [-0.39, 0.29) is 5.82 Å². The summed E-state index contributed by atoms with van der Waals surface area (Å²) in [7, 11) is 1.74. The highest BCUT2D eigenvalue weighted by atomic mass is 19.1. The molecule has 0 saturated heterocycles. The first kappa shape index (κ1) is 16.9. The molecule has 4 nitrogen and oxygen atoms in total. The average Bonchev–Trinajstić information content (AvgIpc) is 2.66. The van der Waals surface area contributed by atoms with E-state index in [2.05, 4.69) is 32.7 Å². The van der Waals surface area contributed by atoms with Crippen LogP contribution in [0.15, 0.2) is 65.8 Å². The highest BCUT2D eigenvalue weighted by molar-refractivity contribution is 5.85. The number of halogens is 1. The van der Waals surface area contributed by atoms with E-state index in [4.69, 9.17) is 0 Å². The third-order valence-corrected chi connectivity index (χ3v) is 4.02. The summed E-state index contributed by atoms with van der Waals surface area (Å²) < 4.78 is 12.9. The van der Waals surface area contributed by atoms with Gasteiger partial charge in [0.25, 0.3) is 0 Å². The number of aliphatic imine (C=N–C) groups is 1. The molecule has 0 atom stereocenters. The van der Waals surface area contributed by atoms with Crippen LogP contribution < -0.4 is 10.6 Å². The molecule has 3 rings (SSSR count). The second kappa shape index (κ2) is 8.24. The molecule has 0 aliphatic heterocycles. The fourth-order valence-corrected chi connectivity index (χ4v) is 2.69. The predicted molar refractivity (Wildman–Crippen MR) is 100 cm³/mol. The molecule has 0 bridgehead atoms. The van der Waals surface area contributed by atoms with E-state index in [1.165, 1.54) is 17.5 Å². The maximum absolute atomic E-state index is 12.9. The molecule has 0 fully saturated rings. The first-order valence-electron chi connectivity index (χ1n) is 8.28. The largest absolute Gasteiger partial charge is 0.356 e. The maximum Gasteiger partial charge on any atom is 0.191 e. The fraction of sp³-hybridized carbons (Fsp3) is 0.200. The lowest BCUT2D eigenvalue weighted by atomic mass is 10.1. The highest BCUT2D eigenvalue weighted by Gasteiger charge is 2.03. The Morgan fingerprint density at radius 2 is 1.84 bits per heavy atom. The van der Waals surface area contributed by atoms with Gasteiger partial charge in [0.05, 0.1) is 12.2 Å².